The van der Waals surface area contributed by atoms with Crippen LogP contribution in [0, 0.1) is 17.3 Å². The summed E-state index contributed by atoms with van der Waals surface area (Å²) >= 11 is 0. The summed E-state index contributed by atoms with van der Waals surface area (Å²) in [6, 6.07) is 0. The highest BCUT2D eigenvalue weighted by Gasteiger charge is 2.32. The van der Waals surface area contributed by atoms with Gasteiger partial charge in [-0.25, -0.2) is 0 Å². The Labute approximate surface area is 120 Å². The smallest absolute Gasteiger partial charge is 0.141 e. The molecule has 0 N–H and O–H groups in total. The van der Waals surface area contributed by atoms with E-state index in [2.05, 4.69) is 27.7 Å². The van der Waals surface area contributed by atoms with Gasteiger partial charge in [0.05, 0.1) is 0 Å². The molecule has 0 aromatic rings. The number of hydrogen-bond acceptors (Lipinski definition) is 1. The highest BCUT2D eigenvalue weighted by molar-refractivity contribution is 5.85. The van der Waals surface area contributed by atoms with Gasteiger partial charge in [-0.15, -0.1) is 0 Å². The first kappa shape index (κ1) is 16.7. The van der Waals surface area contributed by atoms with Crippen molar-refractivity contribution in [2.45, 2.75) is 91.9 Å². The summed E-state index contributed by atoms with van der Waals surface area (Å²) < 4.78 is 0. The molecule has 0 saturated heterocycles. The number of unbranched alkanes of at least 4 members (excludes halogenated alkanes) is 4. The van der Waals surface area contributed by atoms with Crippen LogP contribution < -0.4 is 0 Å². The second-order valence-corrected chi connectivity index (χ2v) is 7.53. The Morgan fingerprint density at radius 3 is 2.05 bits per heavy atom. The fourth-order valence-corrected chi connectivity index (χ4v) is 3.36. The molecule has 1 saturated carbocycles. The lowest BCUT2D eigenvalue weighted by Gasteiger charge is -2.31. The number of rotatable bonds is 7. The minimum Gasteiger partial charge on any atom is -0.299 e. The van der Waals surface area contributed by atoms with Crippen LogP contribution in [0.3, 0.4) is 0 Å². The van der Waals surface area contributed by atoms with Gasteiger partial charge in [0.25, 0.3) is 0 Å². The Balaban J connectivity index is 2.17. The van der Waals surface area contributed by atoms with Gasteiger partial charge in [0.15, 0.2) is 0 Å². The summed E-state index contributed by atoms with van der Waals surface area (Å²) in [5, 5.41) is 0. The van der Waals surface area contributed by atoms with Crippen molar-refractivity contribution in [1.82, 2.24) is 0 Å². The van der Waals surface area contributed by atoms with Crippen LogP contribution in [0.25, 0.3) is 0 Å². The Hall–Kier alpha value is -0.330. The first-order valence-electron chi connectivity index (χ1n) is 8.49. The molecule has 0 radical (unpaired) electrons. The van der Waals surface area contributed by atoms with E-state index < -0.39 is 0 Å². The number of hydrogen-bond donors (Lipinski definition) is 0. The van der Waals surface area contributed by atoms with E-state index in [1.807, 2.05) is 0 Å². The van der Waals surface area contributed by atoms with E-state index in [0.717, 1.165) is 18.8 Å². The van der Waals surface area contributed by atoms with Crippen LogP contribution in [0.15, 0.2) is 0 Å². The minimum atomic E-state index is -0.141. The third-order valence-electron chi connectivity index (χ3n) is 4.67. The topological polar surface area (TPSA) is 17.1 Å². The second-order valence-electron chi connectivity index (χ2n) is 7.53. The van der Waals surface area contributed by atoms with Crippen molar-refractivity contribution in [2.75, 3.05) is 0 Å². The highest BCUT2D eigenvalue weighted by atomic mass is 16.1. The molecule has 0 aliphatic heterocycles. The van der Waals surface area contributed by atoms with Crippen LogP contribution in [0.5, 0.6) is 0 Å². The van der Waals surface area contributed by atoms with E-state index in [4.69, 9.17) is 0 Å². The SMILES string of the molecule is CCCCCCCC1CCC(C(=O)C(C)(C)C)CC1. The lowest BCUT2D eigenvalue weighted by Crippen LogP contribution is -2.31. The van der Waals surface area contributed by atoms with Crippen molar-refractivity contribution >= 4 is 5.78 Å². The van der Waals surface area contributed by atoms with Crippen molar-refractivity contribution < 1.29 is 4.79 Å². The molecule has 1 heteroatoms. The molecule has 19 heavy (non-hydrogen) atoms. The lowest BCUT2D eigenvalue weighted by molar-refractivity contribution is -0.131. The van der Waals surface area contributed by atoms with E-state index in [9.17, 15) is 4.79 Å². The zero-order valence-electron chi connectivity index (χ0n) is 13.6. The van der Waals surface area contributed by atoms with E-state index in [1.54, 1.807) is 0 Å². The fourth-order valence-electron chi connectivity index (χ4n) is 3.36. The first-order valence-corrected chi connectivity index (χ1v) is 8.49. The van der Waals surface area contributed by atoms with Crippen molar-refractivity contribution in [2.24, 2.45) is 17.3 Å². The lowest BCUT2D eigenvalue weighted by atomic mass is 9.72. The summed E-state index contributed by atoms with van der Waals surface area (Å²) in [6.45, 7) is 8.47. The second kappa shape index (κ2) is 8.07. The van der Waals surface area contributed by atoms with Crippen LogP contribution >= 0.6 is 0 Å². The molecule has 1 rings (SSSR count). The third kappa shape index (κ3) is 6.10. The zero-order chi connectivity index (χ0) is 14.3. The van der Waals surface area contributed by atoms with E-state index in [-0.39, 0.29) is 5.41 Å². The Morgan fingerprint density at radius 1 is 0.947 bits per heavy atom. The molecule has 1 fully saturated rings. The third-order valence-corrected chi connectivity index (χ3v) is 4.67. The van der Waals surface area contributed by atoms with Gasteiger partial charge < -0.3 is 0 Å². The number of Topliss-reactive ketones (excluding diaryl/α,β-unsaturated/α-hetero) is 1. The van der Waals surface area contributed by atoms with E-state index >= 15 is 0 Å². The molecule has 1 aliphatic carbocycles. The molecule has 0 aromatic carbocycles. The summed E-state index contributed by atoms with van der Waals surface area (Å²) in [7, 11) is 0. The molecule has 0 heterocycles. The Kier molecular flexibility index (Phi) is 7.10. The molecule has 0 spiro atoms. The molecule has 112 valence electrons. The van der Waals surface area contributed by atoms with Gasteiger partial charge in [-0.2, -0.15) is 0 Å². The van der Waals surface area contributed by atoms with Crippen LogP contribution in [-0.4, -0.2) is 5.78 Å². The van der Waals surface area contributed by atoms with Gasteiger partial charge in [-0.3, -0.25) is 4.79 Å². The largest absolute Gasteiger partial charge is 0.299 e. The molecule has 0 aromatic heterocycles. The van der Waals surface area contributed by atoms with Gasteiger partial charge in [-0.1, -0.05) is 66.2 Å². The molecule has 0 bridgehead atoms. The van der Waals surface area contributed by atoms with E-state index in [0.29, 0.717) is 11.7 Å². The van der Waals surface area contributed by atoms with E-state index in [1.165, 1.54) is 51.4 Å². The average Bonchev–Trinajstić information content (AvgIpc) is 2.37. The van der Waals surface area contributed by atoms with Gasteiger partial charge in [0.1, 0.15) is 5.78 Å². The maximum atomic E-state index is 12.3. The fraction of sp³-hybridized carbons (Fsp3) is 0.944. The Morgan fingerprint density at radius 2 is 1.53 bits per heavy atom. The standard InChI is InChI=1S/C18H34O/c1-5-6-7-8-9-10-15-11-13-16(14-12-15)17(19)18(2,3)4/h15-16H,5-14H2,1-4H3. The van der Waals surface area contributed by atoms with Gasteiger partial charge in [-0.05, 0) is 31.6 Å². The van der Waals surface area contributed by atoms with Crippen LogP contribution in [-0.2, 0) is 4.79 Å². The van der Waals surface area contributed by atoms with Gasteiger partial charge in [0.2, 0.25) is 0 Å². The van der Waals surface area contributed by atoms with Crippen molar-refractivity contribution in [3.63, 3.8) is 0 Å². The van der Waals surface area contributed by atoms with Crippen molar-refractivity contribution in [3.8, 4) is 0 Å². The molecule has 0 unspecified atom stereocenters. The summed E-state index contributed by atoms with van der Waals surface area (Å²) in [5.41, 5.74) is -0.141. The van der Waals surface area contributed by atoms with Crippen molar-refractivity contribution in [3.05, 3.63) is 0 Å². The van der Waals surface area contributed by atoms with Crippen LogP contribution in [0.2, 0.25) is 0 Å². The number of carbonyl (C=O) groups excluding carboxylic acids is 1. The van der Waals surface area contributed by atoms with Crippen LogP contribution in [0.1, 0.15) is 91.9 Å². The molecule has 0 atom stereocenters. The van der Waals surface area contributed by atoms with Crippen molar-refractivity contribution in [1.29, 1.82) is 0 Å². The molecular weight excluding hydrogens is 232 g/mol. The summed E-state index contributed by atoms with van der Waals surface area (Å²) in [4.78, 5) is 12.3. The zero-order valence-corrected chi connectivity index (χ0v) is 13.6. The predicted molar refractivity (Wildman–Crippen MR) is 83.3 cm³/mol. The average molecular weight is 266 g/mol. The van der Waals surface area contributed by atoms with Gasteiger partial charge in [0, 0.05) is 11.3 Å². The molecular formula is C18H34O. The highest BCUT2D eigenvalue weighted by Crippen LogP contribution is 2.35. The van der Waals surface area contributed by atoms with Gasteiger partial charge >= 0.3 is 0 Å². The molecule has 0 amide bonds. The number of carbonyl (C=O) groups is 1. The quantitative estimate of drug-likeness (QED) is 0.535. The monoisotopic (exact) mass is 266 g/mol. The Bertz CT molecular complexity index is 253. The summed E-state index contributed by atoms with van der Waals surface area (Å²) in [5.74, 6) is 1.76. The maximum Gasteiger partial charge on any atom is 0.141 e. The number of ketones is 1. The molecule has 1 aliphatic rings. The normalized spacial score (nSPS) is 24.4. The first-order chi connectivity index (χ1) is 8.95. The maximum absolute atomic E-state index is 12.3. The molecule has 1 nitrogen and oxygen atoms in total. The van der Waals surface area contributed by atoms with Crippen LogP contribution in [0.4, 0.5) is 0 Å². The summed E-state index contributed by atoms with van der Waals surface area (Å²) in [6.07, 6.45) is 13.2. The minimum absolute atomic E-state index is 0.141. The predicted octanol–water partition coefficient (Wildman–Crippen LogP) is 5.77.